The molecule has 0 radical (unpaired) electrons. The Morgan fingerprint density at radius 3 is 3.06 bits per heavy atom. The van der Waals surface area contributed by atoms with Crippen LogP contribution in [-0.2, 0) is 6.42 Å². The van der Waals surface area contributed by atoms with Crippen LogP contribution in [0.3, 0.4) is 0 Å². The Kier molecular flexibility index (Phi) is 5.13. The first-order valence-electron chi connectivity index (χ1n) is 7.09. The van der Waals surface area contributed by atoms with Gasteiger partial charge in [-0.05, 0) is 44.0 Å². The van der Waals surface area contributed by atoms with Crippen molar-refractivity contribution < 1.29 is 0 Å². The molecule has 1 N–H and O–H groups in total. The van der Waals surface area contributed by atoms with E-state index in [1.807, 2.05) is 0 Å². The second-order valence-corrected chi connectivity index (χ2v) is 6.29. The Bertz CT molecular complexity index is 364. The third-order valence-corrected chi connectivity index (χ3v) is 5.10. The molecule has 0 bridgehead atoms. The molecule has 2 rings (SSSR count). The minimum absolute atomic E-state index is 0.515. The Labute approximate surface area is 115 Å². The molecule has 2 heterocycles. The first-order chi connectivity index (χ1) is 8.74. The highest BCUT2D eigenvalue weighted by Crippen LogP contribution is 2.27. The molecule has 0 spiro atoms. The first kappa shape index (κ1) is 13.9. The summed E-state index contributed by atoms with van der Waals surface area (Å²) in [5, 5.41) is 8.32. The molecule has 0 aliphatic carbocycles. The maximum absolute atomic E-state index is 4.72. The van der Waals surface area contributed by atoms with Crippen molar-refractivity contribution in [1.29, 1.82) is 0 Å². The van der Waals surface area contributed by atoms with Crippen molar-refractivity contribution in [3.8, 4) is 0 Å². The van der Waals surface area contributed by atoms with Gasteiger partial charge in [0.05, 0.1) is 5.69 Å². The van der Waals surface area contributed by atoms with E-state index in [0.29, 0.717) is 12.1 Å². The third-order valence-electron chi connectivity index (χ3n) is 3.84. The summed E-state index contributed by atoms with van der Waals surface area (Å²) >= 11 is 2.07. The van der Waals surface area contributed by atoms with Crippen molar-refractivity contribution in [3.63, 3.8) is 0 Å². The van der Waals surface area contributed by atoms with Gasteiger partial charge in [0, 0.05) is 24.0 Å². The average molecular weight is 267 g/mol. The lowest BCUT2D eigenvalue weighted by molar-refractivity contribution is 0.422. The van der Waals surface area contributed by atoms with Gasteiger partial charge < -0.3 is 5.32 Å². The predicted molar refractivity (Wildman–Crippen MR) is 79.2 cm³/mol. The molecule has 1 aliphatic rings. The van der Waals surface area contributed by atoms with Crippen LogP contribution in [0.25, 0.3) is 0 Å². The second kappa shape index (κ2) is 6.62. The molecule has 3 unspecified atom stereocenters. The van der Waals surface area contributed by atoms with Gasteiger partial charge in [-0.25, -0.2) is 0 Å². The molecule has 1 aliphatic heterocycles. The summed E-state index contributed by atoms with van der Waals surface area (Å²) in [4.78, 5) is 0. The van der Waals surface area contributed by atoms with Crippen LogP contribution in [0, 0.1) is 5.92 Å². The highest BCUT2D eigenvalue weighted by atomic mass is 32.2. The van der Waals surface area contributed by atoms with E-state index >= 15 is 0 Å². The number of hydrogen-bond acceptors (Lipinski definition) is 3. The molecule has 3 atom stereocenters. The molecule has 0 amide bonds. The molecule has 102 valence electrons. The standard InChI is InChI=1S/C14H25N3S/c1-4-11(3)17-7-6-13(16-17)8-12-9-18-10-14(12)15-5-2/h6-7,11-12,14-15H,4-5,8-10H2,1-3H3. The number of nitrogens with zero attached hydrogens (tertiary/aromatic N) is 2. The van der Waals surface area contributed by atoms with Crippen LogP contribution in [-0.4, -0.2) is 33.9 Å². The zero-order valence-corrected chi connectivity index (χ0v) is 12.5. The van der Waals surface area contributed by atoms with Crippen LogP contribution in [0.5, 0.6) is 0 Å². The predicted octanol–water partition coefficient (Wildman–Crippen LogP) is 2.74. The largest absolute Gasteiger partial charge is 0.313 e. The van der Waals surface area contributed by atoms with E-state index in [0.717, 1.165) is 25.3 Å². The fraction of sp³-hybridized carbons (Fsp3) is 0.786. The lowest BCUT2D eigenvalue weighted by atomic mass is 9.98. The third kappa shape index (κ3) is 3.29. The fourth-order valence-electron chi connectivity index (χ4n) is 2.48. The van der Waals surface area contributed by atoms with Gasteiger partial charge >= 0.3 is 0 Å². The van der Waals surface area contributed by atoms with Gasteiger partial charge in [-0.3, -0.25) is 4.68 Å². The molecule has 0 saturated carbocycles. The normalized spacial score (nSPS) is 25.5. The maximum atomic E-state index is 4.72. The summed E-state index contributed by atoms with van der Waals surface area (Å²) in [7, 11) is 0. The fourth-order valence-corrected chi connectivity index (χ4v) is 3.91. The minimum atomic E-state index is 0.515. The highest BCUT2D eigenvalue weighted by Gasteiger charge is 2.27. The summed E-state index contributed by atoms with van der Waals surface area (Å²) in [5.74, 6) is 3.27. The van der Waals surface area contributed by atoms with Gasteiger partial charge in [-0.1, -0.05) is 13.8 Å². The molecular formula is C14H25N3S. The molecule has 1 aromatic heterocycles. The number of rotatable bonds is 6. The van der Waals surface area contributed by atoms with E-state index < -0.39 is 0 Å². The molecule has 1 aromatic rings. The molecule has 1 saturated heterocycles. The van der Waals surface area contributed by atoms with E-state index in [1.54, 1.807) is 0 Å². The quantitative estimate of drug-likeness (QED) is 0.859. The monoisotopic (exact) mass is 267 g/mol. The van der Waals surface area contributed by atoms with Gasteiger partial charge in [0.25, 0.3) is 0 Å². The lowest BCUT2D eigenvalue weighted by Gasteiger charge is -2.18. The van der Waals surface area contributed by atoms with E-state index in [4.69, 9.17) is 5.10 Å². The first-order valence-corrected chi connectivity index (χ1v) is 8.25. The maximum Gasteiger partial charge on any atom is 0.0628 e. The van der Waals surface area contributed by atoms with Crippen LogP contribution in [0.1, 0.15) is 38.9 Å². The summed E-state index contributed by atoms with van der Waals surface area (Å²) in [6.45, 7) is 7.70. The van der Waals surface area contributed by atoms with E-state index in [9.17, 15) is 0 Å². The minimum Gasteiger partial charge on any atom is -0.313 e. The van der Waals surface area contributed by atoms with E-state index in [2.05, 4.69) is 54.8 Å². The van der Waals surface area contributed by atoms with Crippen LogP contribution >= 0.6 is 11.8 Å². The van der Waals surface area contributed by atoms with Crippen LogP contribution < -0.4 is 5.32 Å². The van der Waals surface area contributed by atoms with E-state index in [-0.39, 0.29) is 0 Å². The van der Waals surface area contributed by atoms with Crippen molar-refractivity contribution in [3.05, 3.63) is 18.0 Å². The average Bonchev–Trinajstić information content (AvgIpc) is 3.00. The van der Waals surface area contributed by atoms with Gasteiger partial charge in [0.1, 0.15) is 0 Å². The molecule has 0 aromatic carbocycles. The van der Waals surface area contributed by atoms with Crippen molar-refractivity contribution in [2.24, 2.45) is 5.92 Å². The molecule has 1 fully saturated rings. The Hall–Kier alpha value is -0.480. The van der Waals surface area contributed by atoms with Crippen LogP contribution in [0.4, 0.5) is 0 Å². The van der Waals surface area contributed by atoms with Crippen LogP contribution in [0.15, 0.2) is 12.3 Å². The number of thioether (sulfide) groups is 1. The lowest BCUT2D eigenvalue weighted by Crippen LogP contribution is -2.36. The van der Waals surface area contributed by atoms with E-state index in [1.165, 1.54) is 17.2 Å². The number of nitrogens with one attached hydrogen (secondary N) is 1. The molecule has 3 nitrogen and oxygen atoms in total. The van der Waals surface area contributed by atoms with Crippen molar-refractivity contribution in [2.45, 2.75) is 45.7 Å². The topological polar surface area (TPSA) is 29.9 Å². The van der Waals surface area contributed by atoms with Crippen molar-refractivity contribution >= 4 is 11.8 Å². The smallest absolute Gasteiger partial charge is 0.0628 e. The van der Waals surface area contributed by atoms with Gasteiger partial charge in [0.15, 0.2) is 0 Å². The van der Waals surface area contributed by atoms with Crippen molar-refractivity contribution in [2.75, 3.05) is 18.1 Å². The number of hydrogen-bond donors (Lipinski definition) is 1. The molecule has 18 heavy (non-hydrogen) atoms. The zero-order chi connectivity index (χ0) is 13.0. The molecular weight excluding hydrogens is 242 g/mol. The SMILES string of the molecule is CCNC1CSCC1Cc1ccn(C(C)CC)n1. The Morgan fingerprint density at radius 1 is 1.50 bits per heavy atom. The Morgan fingerprint density at radius 2 is 2.33 bits per heavy atom. The van der Waals surface area contributed by atoms with Gasteiger partial charge in [0.2, 0.25) is 0 Å². The van der Waals surface area contributed by atoms with Crippen LogP contribution in [0.2, 0.25) is 0 Å². The van der Waals surface area contributed by atoms with Gasteiger partial charge in [-0.2, -0.15) is 16.9 Å². The Balaban J connectivity index is 1.94. The highest BCUT2D eigenvalue weighted by molar-refractivity contribution is 7.99. The molecule has 4 heteroatoms. The summed E-state index contributed by atoms with van der Waals surface area (Å²) in [6, 6.07) is 3.38. The van der Waals surface area contributed by atoms with Crippen molar-refractivity contribution in [1.82, 2.24) is 15.1 Å². The summed E-state index contributed by atoms with van der Waals surface area (Å²) < 4.78 is 2.11. The summed E-state index contributed by atoms with van der Waals surface area (Å²) in [6.07, 6.45) is 4.39. The number of aromatic nitrogens is 2. The summed E-state index contributed by atoms with van der Waals surface area (Å²) in [5.41, 5.74) is 1.26. The van der Waals surface area contributed by atoms with Gasteiger partial charge in [-0.15, -0.1) is 0 Å². The second-order valence-electron chi connectivity index (χ2n) is 5.21. The zero-order valence-electron chi connectivity index (χ0n) is 11.7.